The zero-order valence-electron chi connectivity index (χ0n) is 10.7. The first-order valence-corrected chi connectivity index (χ1v) is 10.1. The zero-order chi connectivity index (χ0) is 15.8. The fourth-order valence-electron chi connectivity index (χ4n) is 1.56. The third-order valence-electron chi connectivity index (χ3n) is 2.69. The quantitative estimate of drug-likeness (QED) is 0.832. The fourth-order valence-corrected chi connectivity index (χ4v) is 5.45. The van der Waals surface area contributed by atoms with E-state index < -0.39 is 20.0 Å². The van der Waals surface area contributed by atoms with Gasteiger partial charge in [-0.25, -0.2) is 22.0 Å². The summed E-state index contributed by atoms with van der Waals surface area (Å²) in [5.74, 6) is 0. The number of anilines is 1. The molecule has 114 valence electrons. The SMILES string of the molecule is CN(c1ccc(S(N)(=O)=O)cc1)S(=O)(=O)c1ccc(Br)s1. The van der Waals surface area contributed by atoms with Gasteiger partial charge in [0, 0.05) is 7.05 Å². The minimum absolute atomic E-state index is 0.0732. The van der Waals surface area contributed by atoms with Crippen molar-refractivity contribution in [1.29, 1.82) is 0 Å². The summed E-state index contributed by atoms with van der Waals surface area (Å²) in [6, 6.07) is 8.46. The van der Waals surface area contributed by atoms with E-state index in [2.05, 4.69) is 15.9 Å². The Bertz CT molecular complexity index is 857. The van der Waals surface area contributed by atoms with E-state index in [1.165, 1.54) is 37.4 Å². The maximum absolute atomic E-state index is 12.4. The Labute approximate surface area is 135 Å². The molecule has 1 heterocycles. The first kappa shape index (κ1) is 16.4. The molecule has 21 heavy (non-hydrogen) atoms. The minimum atomic E-state index is -3.80. The van der Waals surface area contributed by atoms with Crippen LogP contribution in [0.5, 0.6) is 0 Å². The molecule has 0 aliphatic heterocycles. The summed E-state index contributed by atoms with van der Waals surface area (Å²) in [7, 11) is -6.08. The molecule has 2 aromatic rings. The van der Waals surface area contributed by atoms with Gasteiger partial charge in [0.1, 0.15) is 4.21 Å². The van der Waals surface area contributed by atoms with Gasteiger partial charge in [0.2, 0.25) is 10.0 Å². The van der Waals surface area contributed by atoms with Crippen molar-refractivity contribution >= 4 is 53.0 Å². The van der Waals surface area contributed by atoms with E-state index in [4.69, 9.17) is 5.14 Å². The van der Waals surface area contributed by atoms with E-state index in [0.717, 1.165) is 15.6 Å². The Kier molecular flexibility index (Phi) is 4.45. The summed E-state index contributed by atoms with van der Waals surface area (Å²) in [4.78, 5) is -0.0732. The molecule has 0 bridgehead atoms. The van der Waals surface area contributed by atoms with E-state index >= 15 is 0 Å². The summed E-state index contributed by atoms with van der Waals surface area (Å²) in [5.41, 5.74) is 0.340. The van der Waals surface area contributed by atoms with Gasteiger partial charge in [-0.15, -0.1) is 11.3 Å². The van der Waals surface area contributed by atoms with Crippen LogP contribution in [0.4, 0.5) is 5.69 Å². The lowest BCUT2D eigenvalue weighted by Crippen LogP contribution is -2.25. The summed E-state index contributed by atoms with van der Waals surface area (Å²) >= 11 is 4.31. The van der Waals surface area contributed by atoms with Crippen LogP contribution in [0, 0.1) is 0 Å². The molecule has 2 N–H and O–H groups in total. The van der Waals surface area contributed by atoms with Crippen molar-refractivity contribution in [3.05, 3.63) is 40.2 Å². The molecule has 0 aliphatic carbocycles. The molecule has 2 rings (SSSR count). The first-order valence-electron chi connectivity index (χ1n) is 5.49. The van der Waals surface area contributed by atoms with Gasteiger partial charge in [-0.1, -0.05) is 0 Å². The first-order chi connectivity index (χ1) is 9.62. The van der Waals surface area contributed by atoms with E-state index in [9.17, 15) is 16.8 Å². The third kappa shape index (κ3) is 3.46. The zero-order valence-corrected chi connectivity index (χ0v) is 14.8. The van der Waals surface area contributed by atoms with Gasteiger partial charge >= 0.3 is 0 Å². The van der Waals surface area contributed by atoms with Crippen molar-refractivity contribution in [2.45, 2.75) is 9.10 Å². The standard InChI is InChI=1S/C11H11BrN2O4S3/c1-14(21(17,18)11-7-6-10(12)19-11)8-2-4-9(5-3-8)20(13,15)16/h2-7H,1H3,(H2,13,15,16). The molecule has 0 amide bonds. The number of nitrogens with two attached hydrogens (primary N) is 1. The van der Waals surface area contributed by atoms with Gasteiger partial charge < -0.3 is 0 Å². The van der Waals surface area contributed by atoms with Crippen LogP contribution in [0.15, 0.2) is 49.3 Å². The van der Waals surface area contributed by atoms with Crippen LogP contribution < -0.4 is 9.44 Å². The molecule has 1 aromatic carbocycles. The van der Waals surface area contributed by atoms with Crippen molar-refractivity contribution in [3.8, 4) is 0 Å². The van der Waals surface area contributed by atoms with Crippen molar-refractivity contribution in [1.82, 2.24) is 0 Å². The van der Waals surface area contributed by atoms with Crippen LogP contribution in [0.25, 0.3) is 0 Å². The number of benzene rings is 1. The highest BCUT2D eigenvalue weighted by molar-refractivity contribution is 9.11. The second-order valence-corrected chi connectivity index (χ2v) is 10.3. The van der Waals surface area contributed by atoms with Crippen molar-refractivity contribution < 1.29 is 16.8 Å². The average Bonchev–Trinajstić information content (AvgIpc) is 2.84. The second kappa shape index (κ2) is 5.69. The number of rotatable bonds is 4. The Morgan fingerprint density at radius 1 is 1.05 bits per heavy atom. The third-order valence-corrected chi connectivity index (χ3v) is 7.50. The molecule has 0 saturated carbocycles. The van der Waals surface area contributed by atoms with E-state index in [-0.39, 0.29) is 9.10 Å². The van der Waals surface area contributed by atoms with Gasteiger partial charge in [-0.2, -0.15) is 0 Å². The van der Waals surface area contributed by atoms with Gasteiger partial charge in [0.05, 0.1) is 14.4 Å². The monoisotopic (exact) mass is 410 g/mol. The number of hydrogen-bond acceptors (Lipinski definition) is 5. The molecule has 10 heteroatoms. The molecule has 0 atom stereocenters. The number of sulfonamides is 2. The number of nitrogens with zero attached hydrogens (tertiary/aromatic N) is 1. The van der Waals surface area contributed by atoms with Crippen LogP contribution >= 0.6 is 27.3 Å². The van der Waals surface area contributed by atoms with Gasteiger partial charge in [-0.3, -0.25) is 4.31 Å². The molecule has 1 aromatic heterocycles. The Morgan fingerprint density at radius 2 is 1.62 bits per heavy atom. The highest BCUT2D eigenvalue weighted by Crippen LogP contribution is 2.30. The predicted octanol–water partition coefficient (Wildman–Crippen LogP) is 1.98. The van der Waals surface area contributed by atoms with E-state index in [1.807, 2.05) is 0 Å². The molecule has 0 radical (unpaired) electrons. The lowest BCUT2D eigenvalue weighted by molar-refractivity contribution is 0.596. The molecule has 0 unspecified atom stereocenters. The summed E-state index contributed by atoms with van der Waals surface area (Å²) in [6.45, 7) is 0. The molecule has 6 nitrogen and oxygen atoms in total. The smallest absolute Gasteiger partial charge is 0.269 e. The van der Waals surface area contributed by atoms with Gasteiger partial charge in [-0.05, 0) is 52.3 Å². The van der Waals surface area contributed by atoms with Crippen LogP contribution in [0.2, 0.25) is 0 Å². The maximum atomic E-state index is 12.4. The minimum Gasteiger partial charge on any atom is -0.269 e. The second-order valence-electron chi connectivity index (χ2n) is 4.07. The van der Waals surface area contributed by atoms with Crippen LogP contribution in [-0.2, 0) is 20.0 Å². The topological polar surface area (TPSA) is 97.5 Å². The van der Waals surface area contributed by atoms with Gasteiger partial charge in [0.25, 0.3) is 10.0 Å². The fraction of sp³-hybridized carbons (Fsp3) is 0.0909. The van der Waals surface area contributed by atoms with Gasteiger partial charge in [0.15, 0.2) is 0 Å². The molecular formula is C11H11BrN2O4S3. The van der Waals surface area contributed by atoms with E-state index in [0.29, 0.717) is 9.47 Å². The number of halogens is 1. The lowest BCUT2D eigenvalue weighted by Gasteiger charge is -2.18. The molecule has 0 spiro atoms. The predicted molar refractivity (Wildman–Crippen MR) is 85.4 cm³/mol. The van der Waals surface area contributed by atoms with Crippen molar-refractivity contribution in [2.24, 2.45) is 5.14 Å². The summed E-state index contributed by atoms with van der Waals surface area (Å²) < 4.78 is 49.1. The summed E-state index contributed by atoms with van der Waals surface area (Å²) in [6.07, 6.45) is 0. The highest BCUT2D eigenvalue weighted by Gasteiger charge is 2.23. The van der Waals surface area contributed by atoms with Crippen LogP contribution in [0.3, 0.4) is 0 Å². The number of hydrogen-bond donors (Lipinski definition) is 1. The van der Waals surface area contributed by atoms with Crippen LogP contribution in [0.1, 0.15) is 0 Å². The Balaban J connectivity index is 2.38. The molecule has 0 aliphatic rings. The Morgan fingerprint density at radius 3 is 2.05 bits per heavy atom. The van der Waals surface area contributed by atoms with Crippen molar-refractivity contribution in [2.75, 3.05) is 11.4 Å². The average molecular weight is 411 g/mol. The number of thiophene rings is 1. The Hall–Kier alpha value is -0.940. The van der Waals surface area contributed by atoms with E-state index in [1.54, 1.807) is 6.07 Å². The lowest BCUT2D eigenvalue weighted by atomic mass is 10.3. The van der Waals surface area contributed by atoms with Crippen molar-refractivity contribution in [3.63, 3.8) is 0 Å². The maximum Gasteiger partial charge on any atom is 0.273 e. The molecular weight excluding hydrogens is 400 g/mol. The normalized spacial score (nSPS) is 12.3. The molecule has 0 saturated heterocycles. The number of primary sulfonamides is 1. The highest BCUT2D eigenvalue weighted by atomic mass is 79.9. The summed E-state index contributed by atoms with van der Waals surface area (Å²) in [5, 5.41) is 5.00. The van der Waals surface area contributed by atoms with Crippen LogP contribution in [-0.4, -0.2) is 23.9 Å². The largest absolute Gasteiger partial charge is 0.273 e. The molecule has 0 fully saturated rings.